The fourth-order valence-corrected chi connectivity index (χ4v) is 2.06. The number of hydrogen-bond acceptors (Lipinski definition) is 3. The van der Waals surface area contributed by atoms with Crippen molar-refractivity contribution in [2.24, 2.45) is 0 Å². The van der Waals surface area contributed by atoms with Crippen LogP contribution in [-0.4, -0.2) is 13.3 Å². The molecule has 0 unspecified atom stereocenters. The molecular formula is C13H19FN2OSi. The van der Waals surface area contributed by atoms with Gasteiger partial charge in [0, 0.05) is 0 Å². The van der Waals surface area contributed by atoms with Gasteiger partial charge in [0.25, 0.3) is 0 Å². The first-order valence-electron chi connectivity index (χ1n) is 5.86. The number of halogens is 1. The fraction of sp³-hybridized carbons (Fsp3) is 0.538. The van der Waals surface area contributed by atoms with E-state index < -0.39 is 14.1 Å². The Kier molecular flexibility index (Phi) is 4.25. The van der Waals surface area contributed by atoms with Crippen molar-refractivity contribution in [2.75, 3.05) is 0 Å². The molecule has 0 saturated heterocycles. The summed E-state index contributed by atoms with van der Waals surface area (Å²) in [5, 5.41) is 8.87. The molecule has 3 nitrogen and oxygen atoms in total. The van der Waals surface area contributed by atoms with E-state index in [0.717, 1.165) is 6.20 Å². The highest BCUT2D eigenvalue weighted by molar-refractivity contribution is 6.74. The van der Waals surface area contributed by atoms with Gasteiger partial charge in [0.05, 0.1) is 24.1 Å². The molecule has 1 aromatic rings. The third-order valence-electron chi connectivity index (χ3n) is 3.42. The Bertz CT molecular complexity index is 475. The molecule has 1 aromatic heterocycles. The summed E-state index contributed by atoms with van der Waals surface area (Å²) < 4.78 is 19.1. The van der Waals surface area contributed by atoms with E-state index in [9.17, 15) is 4.39 Å². The summed E-state index contributed by atoms with van der Waals surface area (Å²) in [4.78, 5) is 3.94. The van der Waals surface area contributed by atoms with E-state index in [1.165, 1.54) is 6.07 Å². The summed E-state index contributed by atoms with van der Waals surface area (Å²) in [7, 11) is -1.85. The second kappa shape index (κ2) is 5.17. The van der Waals surface area contributed by atoms with Gasteiger partial charge in [-0.1, -0.05) is 20.8 Å². The molecule has 0 aromatic carbocycles. The second-order valence-electron chi connectivity index (χ2n) is 5.82. The van der Waals surface area contributed by atoms with E-state index in [1.807, 2.05) is 0 Å². The molecule has 98 valence electrons. The maximum Gasteiger partial charge on any atom is 0.192 e. The molecule has 5 heteroatoms. The first-order chi connectivity index (χ1) is 8.17. The number of aromatic nitrogens is 1. The highest BCUT2D eigenvalue weighted by Crippen LogP contribution is 2.36. The quantitative estimate of drug-likeness (QED) is 0.785. The van der Waals surface area contributed by atoms with Crippen LogP contribution in [0.1, 0.15) is 32.0 Å². The summed E-state index contributed by atoms with van der Waals surface area (Å²) in [5.41, 5.74) is 0.608. The Labute approximate surface area is 109 Å². The van der Waals surface area contributed by atoms with Gasteiger partial charge in [-0.3, -0.25) is 4.98 Å². The summed E-state index contributed by atoms with van der Waals surface area (Å²) in [6.45, 7) is 11.1. The van der Waals surface area contributed by atoms with E-state index in [0.29, 0.717) is 12.3 Å². The number of pyridine rings is 1. The van der Waals surface area contributed by atoms with Gasteiger partial charge in [0.2, 0.25) is 0 Å². The average molecular weight is 266 g/mol. The van der Waals surface area contributed by atoms with Crippen molar-refractivity contribution >= 4 is 8.32 Å². The van der Waals surface area contributed by atoms with Crippen molar-refractivity contribution in [2.45, 2.75) is 45.5 Å². The zero-order valence-electron chi connectivity index (χ0n) is 11.5. The number of rotatable bonds is 3. The summed E-state index contributed by atoms with van der Waals surface area (Å²) >= 11 is 0. The van der Waals surface area contributed by atoms with Gasteiger partial charge in [-0.25, -0.2) is 4.39 Å². The first kappa shape index (κ1) is 14.8. The smallest absolute Gasteiger partial charge is 0.192 e. The highest BCUT2D eigenvalue weighted by Gasteiger charge is 2.37. The summed E-state index contributed by atoms with van der Waals surface area (Å²) in [6.07, 6.45) is 1.07. The van der Waals surface area contributed by atoms with Crippen molar-refractivity contribution < 1.29 is 8.82 Å². The van der Waals surface area contributed by atoms with E-state index in [1.54, 1.807) is 6.07 Å². The minimum atomic E-state index is -1.85. The van der Waals surface area contributed by atoms with Crippen LogP contribution < -0.4 is 0 Å². The summed E-state index contributed by atoms with van der Waals surface area (Å²) in [5.74, 6) is -0.589. The molecule has 0 saturated carbocycles. The van der Waals surface area contributed by atoms with E-state index in [-0.39, 0.29) is 10.6 Å². The molecule has 0 fully saturated rings. The van der Waals surface area contributed by atoms with E-state index in [4.69, 9.17) is 9.69 Å². The molecule has 0 aliphatic rings. The third kappa shape index (κ3) is 3.37. The largest absolute Gasteiger partial charge is 0.411 e. The summed E-state index contributed by atoms with van der Waals surface area (Å²) in [6, 6.07) is 3.25. The highest BCUT2D eigenvalue weighted by atomic mass is 28.4. The topological polar surface area (TPSA) is 45.9 Å². The molecular weight excluding hydrogens is 247 g/mol. The van der Waals surface area contributed by atoms with Crippen LogP contribution in [0.25, 0.3) is 0 Å². The molecule has 0 aliphatic heterocycles. The zero-order valence-corrected chi connectivity index (χ0v) is 12.5. The molecule has 0 amide bonds. The van der Waals surface area contributed by atoms with Crippen LogP contribution in [0, 0.1) is 17.1 Å². The Morgan fingerprint density at radius 2 is 2.06 bits per heavy atom. The van der Waals surface area contributed by atoms with Gasteiger partial charge >= 0.3 is 0 Å². The zero-order chi connectivity index (χ0) is 14.0. The van der Waals surface area contributed by atoms with Crippen LogP contribution in [0.3, 0.4) is 0 Å². The van der Waals surface area contributed by atoms with Crippen molar-refractivity contribution in [3.63, 3.8) is 0 Å². The minimum Gasteiger partial charge on any atom is -0.411 e. The SMILES string of the molecule is CC(C)(C)[Si](C)(C)OCc1cc(C#N)c(F)cn1. The number of nitrogens with zero attached hydrogens (tertiary/aromatic N) is 2. The van der Waals surface area contributed by atoms with Gasteiger partial charge < -0.3 is 4.43 Å². The lowest BCUT2D eigenvalue weighted by Gasteiger charge is -2.36. The monoisotopic (exact) mass is 266 g/mol. The lowest BCUT2D eigenvalue weighted by molar-refractivity contribution is 0.272. The maximum atomic E-state index is 13.1. The van der Waals surface area contributed by atoms with Crippen LogP contribution in [0.15, 0.2) is 12.3 Å². The number of nitriles is 1. The molecule has 0 N–H and O–H groups in total. The molecule has 0 aliphatic carbocycles. The first-order valence-corrected chi connectivity index (χ1v) is 8.77. The van der Waals surface area contributed by atoms with E-state index in [2.05, 4.69) is 38.8 Å². The van der Waals surface area contributed by atoms with Crippen molar-refractivity contribution in [1.82, 2.24) is 4.98 Å². The van der Waals surface area contributed by atoms with Crippen LogP contribution in [0.5, 0.6) is 0 Å². The minimum absolute atomic E-state index is 0.0128. The van der Waals surface area contributed by atoms with Crippen LogP contribution in [0.4, 0.5) is 4.39 Å². The Morgan fingerprint density at radius 1 is 1.44 bits per heavy atom. The Balaban J connectivity index is 2.79. The van der Waals surface area contributed by atoms with Gasteiger partial charge in [-0.05, 0) is 24.2 Å². The molecule has 1 rings (SSSR count). The average Bonchev–Trinajstić information content (AvgIpc) is 2.26. The predicted octanol–water partition coefficient (Wildman–Crippen LogP) is 3.61. The number of hydrogen-bond donors (Lipinski definition) is 0. The Morgan fingerprint density at radius 3 is 2.56 bits per heavy atom. The normalized spacial score (nSPS) is 12.3. The molecule has 0 bridgehead atoms. The van der Waals surface area contributed by atoms with E-state index >= 15 is 0 Å². The standard InChI is InChI=1S/C13H19FN2OSi/c1-13(2,3)18(4,5)17-9-11-6-10(7-15)12(14)8-16-11/h6,8H,9H2,1-5H3. The van der Waals surface area contributed by atoms with Crippen LogP contribution in [-0.2, 0) is 11.0 Å². The van der Waals surface area contributed by atoms with Gasteiger partial charge in [-0.15, -0.1) is 0 Å². The molecule has 1 heterocycles. The van der Waals surface area contributed by atoms with Gasteiger partial charge in [0.15, 0.2) is 14.1 Å². The molecule has 0 spiro atoms. The van der Waals surface area contributed by atoms with Gasteiger partial charge in [-0.2, -0.15) is 5.26 Å². The van der Waals surface area contributed by atoms with Crippen LogP contribution >= 0.6 is 0 Å². The molecule has 0 atom stereocenters. The maximum absolute atomic E-state index is 13.1. The van der Waals surface area contributed by atoms with Crippen molar-refractivity contribution in [1.29, 1.82) is 5.26 Å². The molecule has 0 radical (unpaired) electrons. The van der Waals surface area contributed by atoms with Crippen molar-refractivity contribution in [3.05, 3.63) is 29.3 Å². The fourth-order valence-electron chi connectivity index (χ4n) is 1.12. The third-order valence-corrected chi connectivity index (χ3v) is 7.90. The van der Waals surface area contributed by atoms with Crippen molar-refractivity contribution in [3.8, 4) is 6.07 Å². The predicted molar refractivity (Wildman–Crippen MR) is 70.9 cm³/mol. The molecule has 18 heavy (non-hydrogen) atoms. The van der Waals surface area contributed by atoms with Gasteiger partial charge in [0.1, 0.15) is 6.07 Å². The lowest BCUT2D eigenvalue weighted by atomic mass is 10.2. The van der Waals surface area contributed by atoms with Crippen LogP contribution in [0.2, 0.25) is 18.1 Å². The lowest BCUT2D eigenvalue weighted by Crippen LogP contribution is -2.40. The Hall–Kier alpha value is -1.25. The second-order valence-corrected chi connectivity index (χ2v) is 10.6.